The minimum Gasteiger partial charge on any atom is -0.354 e. The topological polar surface area (TPSA) is 64.3 Å². The van der Waals surface area contributed by atoms with Crippen molar-refractivity contribution in [3.8, 4) is 11.3 Å². The summed E-state index contributed by atoms with van der Waals surface area (Å²) in [4.78, 5) is 25.6. The molecule has 0 spiro atoms. The zero-order chi connectivity index (χ0) is 25.5. The van der Waals surface area contributed by atoms with Crippen molar-refractivity contribution >= 4 is 5.91 Å². The number of imidazole rings is 1. The SMILES string of the molecule is CC(C(=O)NCCN1CCN(C(c2ccccc2)c2ccccc2)CC1)c1ncc(-c2ccccc2)[nH]1. The average Bonchev–Trinajstić information content (AvgIpc) is 3.46. The van der Waals surface area contributed by atoms with Gasteiger partial charge in [-0.05, 0) is 23.6 Å². The molecule has 0 saturated carbocycles. The number of carbonyl (C=O) groups excluding carboxylic acids is 1. The fourth-order valence-electron chi connectivity index (χ4n) is 5.07. The summed E-state index contributed by atoms with van der Waals surface area (Å²) in [6, 6.07) is 31.8. The molecule has 0 radical (unpaired) electrons. The van der Waals surface area contributed by atoms with E-state index in [4.69, 9.17) is 0 Å². The van der Waals surface area contributed by atoms with E-state index in [0.29, 0.717) is 12.4 Å². The van der Waals surface area contributed by atoms with Crippen molar-refractivity contribution in [3.05, 3.63) is 114 Å². The van der Waals surface area contributed by atoms with Gasteiger partial charge in [0.25, 0.3) is 0 Å². The number of amides is 1. The fraction of sp³-hybridized carbons (Fsp3) is 0.290. The molecule has 1 aliphatic rings. The molecule has 2 heterocycles. The lowest BCUT2D eigenvalue weighted by Gasteiger charge is -2.39. The maximum atomic E-state index is 12.8. The summed E-state index contributed by atoms with van der Waals surface area (Å²) in [6.45, 7) is 7.34. The summed E-state index contributed by atoms with van der Waals surface area (Å²) in [5.41, 5.74) is 4.65. The average molecular weight is 494 g/mol. The van der Waals surface area contributed by atoms with Crippen LogP contribution in [-0.4, -0.2) is 64.9 Å². The Kier molecular flexibility index (Phi) is 8.08. The second-order valence-electron chi connectivity index (χ2n) is 9.66. The van der Waals surface area contributed by atoms with E-state index in [1.54, 1.807) is 6.20 Å². The van der Waals surface area contributed by atoms with Crippen LogP contribution in [0.3, 0.4) is 0 Å². The van der Waals surface area contributed by atoms with Gasteiger partial charge in [0.2, 0.25) is 5.91 Å². The highest BCUT2D eigenvalue weighted by Gasteiger charge is 2.26. The van der Waals surface area contributed by atoms with Gasteiger partial charge in [-0.2, -0.15) is 0 Å². The first-order valence-corrected chi connectivity index (χ1v) is 13.1. The number of rotatable bonds is 9. The molecule has 1 atom stereocenters. The number of benzene rings is 3. The van der Waals surface area contributed by atoms with Crippen LogP contribution in [0.1, 0.15) is 35.8 Å². The van der Waals surface area contributed by atoms with Crippen LogP contribution >= 0.6 is 0 Å². The molecule has 2 N–H and O–H groups in total. The van der Waals surface area contributed by atoms with Gasteiger partial charge < -0.3 is 10.3 Å². The Morgan fingerprint density at radius 1 is 0.865 bits per heavy atom. The molecule has 37 heavy (non-hydrogen) atoms. The van der Waals surface area contributed by atoms with Crippen molar-refractivity contribution in [3.63, 3.8) is 0 Å². The van der Waals surface area contributed by atoms with Crippen molar-refractivity contribution in [2.45, 2.75) is 18.9 Å². The monoisotopic (exact) mass is 493 g/mol. The molecule has 1 unspecified atom stereocenters. The molecule has 1 amide bonds. The van der Waals surface area contributed by atoms with E-state index in [9.17, 15) is 4.79 Å². The highest BCUT2D eigenvalue weighted by Crippen LogP contribution is 2.29. The van der Waals surface area contributed by atoms with Crippen LogP contribution in [0.4, 0.5) is 0 Å². The normalized spacial score (nSPS) is 15.5. The van der Waals surface area contributed by atoms with Crippen LogP contribution in [0, 0.1) is 0 Å². The van der Waals surface area contributed by atoms with Gasteiger partial charge in [0.05, 0.1) is 23.9 Å². The van der Waals surface area contributed by atoms with Gasteiger partial charge in [-0.15, -0.1) is 0 Å². The van der Waals surface area contributed by atoms with Crippen LogP contribution in [0.5, 0.6) is 0 Å². The maximum absolute atomic E-state index is 12.8. The molecule has 5 rings (SSSR count). The molecule has 0 bridgehead atoms. The van der Waals surface area contributed by atoms with Gasteiger partial charge in [0, 0.05) is 39.3 Å². The summed E-state index contributed by atoms with van der Waals surface area (Å²) < 4.78 is 0. The lowest BCUT2D eigenvalue weighted by atomic mass is 9.96. The number of nitrogens with one attached hydrogen (secondary N) is 2. The van der Waals surface area contributed by atoms with Gasteiger partial charge in [0.15, 0.2) is 0 Å². The van der Waals surface area contributed by atoms with Gasteiger partial charge in [-0.1, -0.05) is 91.0 Å². The Morgan fingerprint density at radius 2 is 1.43 bits per heavy atom. The number of piperazine rings is 1. The molecule has 1 aromatic heterocycles. The highest BCUT2D eigenvalue weighted by atomic mass is 16.1. The number of hydrogen-bond donors (Lipinski definition) is 2. The van der Waals surface area contributed by atoms with Gasteiger partial charge in [0.1, 0.15) is 5.82 Å². The number of hydrogen-bond acceptors (Lipinski definition) is 4. The third kappa shape index (κ3) is 6.16. The van der Waals surface area contributed by atoms with Gasteiger partial charge >= 0.3 is 0 Å². The zero-order valence-electron chi connectivity index (χ0n) is 21.4. The van der Waals surface area contributed by atoms with Gasteiger partial charge in [-0.25, -0.2) is 4.98 Å². The van der Waals surface area contributed by atoms with E-state index in [0.717, 1.165) is 44.0 Å². The number of aromatic nitrogens is 2. The van der Waals surface area contributed by atoms with Crippen molar-refractivity contribution < 1.29 is 4.79 Å². The summed E-state index contributed by atoms with van der Waals surface area (Å²) in [5, 5.41) is 3.11. The largest absolute Gasteiger partial charge is 0.354 e. The minimum atomic E-state index is -0.327. The molecule has 190 valence electrons. The first kappa shape index (κ1) is 24.9. The Morgan fingerprint density at radius 3 is 2.03 bits per heavy atom. The Bertz CT molecular complexity index is 1210. The van der Waals surface area contributed by atoms with Gasteiger partial charge in [-0.3, -0.25) is 14.6 Å². The van der Waals surface area contributed by atoms with Crippen LogP contribution < -0.4 is 5.32 Å². The second kappa shape index (κ2) is 12.0. The fourth-order valence-corrected chi connectivity index (χ4v) is 5.07. The van der Waals surface area contributed by atoms with Crippen LogP contribution in [0.15, 0.2) is 97.2 Å². The third-order valence-corrected chi connectivity index (χ3v) is 7.21. The van der Waals surface area contributed by atoms with E-state index in [-0.39, 0.29) is 17.9 Å². The third-order valence-electron chi connectivity index (χ3n) is 7.21. The van der Waals surface area contributed by atoms with Crippen molar-refractivity contribution in [2.24, 2.45) is 0 Å². The predicted octanol–water partition coefficient (Wildman–Crippen LogP) is 4.70. The van der Waals surface area contributed by atoms with E-state index in [2.05, 4.69) is 85.7 Å². The summed E-state index contributed by atoms with van der Waals surface area (Å²) in [7, 11) is 0. The summed E-state index contributed by atoms with van der Waals surface area (Å²) in [5.74, 6) is 0.366. The number of aromatic amines is 1. The van der Waals surface area contributed by atoms with Crippen LogP contribution in [0.25, 0.3) is 11.3 Å². The van der Waals surface area contributed by atoms with Crippen LogP contribution in [0.2, 0.25) is 0 Å². The summed E-state index contributed by atoms with van der Waals surface area (Å²) >= 11 is 0. The molecule has 1 saturated heterocycles. The van der Waals surface area contributed by atoms with Crippen LogP contribution in [-0.2, 0) is 4.79 Å². The number of nitrogens with zero attached hydrogens (tertiary/aromatic N) is 3. The predicted molar refractivity (Wildman–Crippen MR) is 148 cm³/mol. The Balaban J connectivity index is 1.11. The Labute approximate surface area is 219 Å². The second-order valence-corrected chi connectivity index (χ2v) is 9.66. The molecule has 3 aromatic carbocycles. The maximum Gasteiger partial charge on any atom is 0.230 e. The first-order valence-electron chi connectivity index (χ1n) is 13.1. The number of carbonyl (C=O) groups is 1. The molecule has 1 aliphatic heterocycles. The lowest BCUT2D eigenvalue weighted by Crippen LogP contribution is -2.49. The minimum absolute atomic E-state index is 0.000756. The standard InChI is InChI=1S/C31H35N5O/c1-24(30-33-23-28(34-30)25-11-5-2-6-12-25)31(37)32-17-18-35-19-21-36(22-20-35)29(26-13-7-3-8-14-26)27-15-9-4-10-16-27/h2-16,23-24,29H,17-22H2,1H3,(H,32,37)(H,33,34). The van der Waals surface area contributed by atoms with Crippen molar-refractivity contribution in [2.75, 3.05) is 39.3 Å². The quantitative estimate of drug-likeness (QED) is 0.355. The zero-order valence-corrected chi connectivity index (χ0v) is 21.4. The summed E-state index contributed by atoms with van der Waals surface area (Å²) in [6.07, 6.45) is 1.80. The number of H-pyrrole nitrogens is 1. The molecular formula is C31H35N5O. The lowest BCUT2D eigenvalue weighted by molar-refractivity contribution is -0.122. The molecular weight excluding hydrogens is 458 g/mol. The van der Waals surface area contributed by atoms with E-state index < -0.39 is 0 Å². The smallest absolute Gasteiger partial charge is 0.230 e. The molecule has 4 aromatic rings. The highest BCUT2D eigenvalue weighted by molar-refractivity contribution is 5.82. The van der Waals surface area contributed by atoms with E-state index in [1.165, 1.54) is 11.1 Å². The van der Waals surface area contributed by atoms with Crippen molar-refractivity contribution in [1.82, 2.24) is 25.1 Å². The molecule has 1 fully saturated rings. The first-order chi connectivity index (χ1) is 18.2. The molecule has 0 aliphatic carbocycles. The Hall–Kier alpha value is -3.74. The van der Waals surface area contributed by atoms with Crippen molar-refractivity contribution in [1.29, 1.82) is 0 Å². The molecule has 6 nitrogen and oxygen atoms in total. The molecule has 6 heteroatoms. The van der Waals surface area contributed by atoms with E-state index in [1.807, 2.05) is 37.3 Å². The van der Waals surface area contributed by atoms with E-state index >= 15 is 0 Å².